The average molecular weight is 350 g/mol. The molecule has 0 bridgehead atoms. The van der Waals surface area contributed by atoms with Gasteiger partial charge in [0, 0.05) is 24.1 Å². The zero-order valence-corrected chi connectivity index (χ0v) is 12.7. The van der Waals surface area contributed by atoms with Crippen molar-refractivity contribution in [3.8, 4) is 0 Å². The lowest BCUT2D eigenvalue weighted by molar-refractivity contribution is -0.142. The quantitative estimate of drug-likeness (QED) is 0.748. The molecule has 0 unspecified atom stereocenters. The smallest absolute Gasteiger partial charge is 0.325 e. The Labute approximate surface area is 134 Å². The van der Waals surface area contributed by atoms with Gasteiger partial charge in [0.1, 0.15) is 0 Å². The minimum atomic E-state index is -4.89. The van der Waals surface area contributed by atoms with Gasteiger partial charge in [-0.1, -0.05) is 12.8 Å². The van der Waals surface area contributed by atoms with E-state index in [4.69, 9.17) is 5.73 Å². The standard InChI is InChI=1S/C16H16F6N2/c17-15(18,19)10-5-9-6-11(8-14(23)3-1-2-4-14)24-13(9)12(7-10)16(20,21)22/h5,7H,1-4,6,8,23H2. The monoisotopic (exact) mass is 350 g/mol. The molecule has 1 heterocycles. The van der Waals surface area contributed by atoms with Crippen LogP contribution in [0.2, 0.25) is 0 Å². The fraction of sp³-hybridized carbons (Fsp3) is 0.562. The molecule has 8 heteroatoms. The van der Waals surface area contributed by atoms with Crippen LogP contribution in [0.25, 0.3) is 0 Å². The Morgan fingerprint density at radius 3 is 2.17 bits per heavy atom. The first-order valence-corrected chi connectivity index (χ1v) is 7.65. The van der Waals surface area contributed by atoms with E-state index in [9.17, 15) is 26.3 Å². The van der Waals surface area contributed by atoms with Gasteiger partial charge in [-0.3, -0.25) is 4.99 Å². The largest absolute Gasteiger partial charge is 0.418 e. The molecule has 24 heavy (non-hydrogen) atoms. The van der Waals surface area contributed by atoms with Crippen LogP contribution in [0.1, 0.15) is 48.8 Å². The number of rotatable bonds is 2. The number of aliphatic imine (C=N–C) groups is 1. The molecule has 1 aliphatic heterocycles. The number of halogens is 6. The third kappa shape index (κ3) is 3.29. The van der Waals surface area contributed by atoms with Crippen LogP contribution in [0, 0.1) is 0 Å². The van der Waals surface area contributed by atoms with Crippen molar-refractivity contribution in [1.82, 2.24) is 0 Å². The molecule has 0 saturated heterocycles. The van der Waals surface area contributed by atoms with Crippen LogP contribution in [0.3, 0.4) is 0 Å². The average Bonchev–Trinajstić information content (AvgIpc) is 3.01. The summed E-state index contributed by atoms with van der Waals surface area (Å²) in [7, 11) is 0. The Morgan fingerprint density at radius 1 is 1.00 bits per heavy atom. The lowest BCUT2D eigenvalue weighted by Gasteiger charge is -2.23. The highest BCUT2D eigenvalue weighted by molar-refractivity contribution is 5.95. The number of benzene rings is 1. The Balaban J connectivity index is 1.98. The van der Waals surface area contributed by atoms with Gasteiger partial charge < -0.3 is 5.73 Å². The highest BCUT2D eigenvalue weighted by atomic mass is 19.4. The summed E-state index contributed by atoms with van der Waals surface area (Å²) in [5.41, 5.74) is 3.07. The number of fused-ring (bicyclic) bond motifs is 1. The molecule has 2 N–H and O–H groups in total. The Bertz CT molecular complexity index is 681. The van der Waals surface area contributed by atoms with E-state index in [-0.39, 0.29) is 18.1 Å². The van der Waals surface area contributed by atoms with Gasteiger partial charge in [0.05, 0.1) is 16.8 Å². The normalized spacial score (nSPS) is 20.2. The molecule has 0 radical (unpaired) electrons. The number of nitrogens with two attached hydrogens (primary N) is 1. The molecule has 1 aliphatic carbocycles. The summed E-state index contributed by atoms with van der Waals surface area (Å²) < 4.78 is 78.1. The zero-order chi connectivity index (χ0) is 17.8. The maximum absolute atomic E-state index is 13.2. The van der Waals surface area contributed by atoms with E-state index >= 15 is 0 Å². The fourth-order valence-corrected chi connectivity index (χ4v) is 3.52. The number of hydrogen-bond donors (Lipinski definition) is 1. The molecule has 1 aromatic rings. The predicted molar refractivity (Wildman–Crippen MR) is 77.2 cm³/mol. The van der Waals surface area contributed by atoms with Crippen LogP contribution < -0.4 is 5.73 Å². The van der Waals surface area contributed by atoms with Crippen molar-refractivity contribution in [2.24, 2.45) is 10.7 Å². The van der Waals surface area contributed by atoms with Crippen molar-refractivity contribution >= 4 is 11.4 Å². The number of nitrogens with zero attached hydrogens (tertiary/aromatic N) is 1. The molecule has 2 aliphatic rings. The van der Waals surface area contributed by atoms with Gasteiger partial charge in [-0.25, -0.2) is 0 Å². The third-order valence-corrected chi connectivity index (χ3v) is 4.64. The van der Waals surface area contributed by atoms with Crippen LogP contribution in [0.4, 0.5) is 32.0 Å². The van der Waals surface area contributed by atoms with Crippen LogP contribution in [-0.2, 0) is 18.8 Å². The van der Waals surface area contributed by atoms with Crippen molar-refractivity contribution < 1.29 is 26.3 Å². The molecular weight excluding hydrogens is 334 g/mol. The maximum atomic E-state index is 13.2. The molecule has 0 amide bonds. The summed E-state index contributed by atoms with van der Waals surface area (Å²) in [6.07, 6.45) is -6.02. The Kier molecular flexibility index (Phi) is 3.94. The first-order valence-electron chi connectivity index (χ1n) is 7.65. The SMILES string of the molecule is NC1(CC2=Nc3c(cc(C(F)(F)F)cc3C(F)(F)F)C2)CCCC1. The van der Waals surface area contributed by atoms with Gasteiger partial charge in [0.25, 0.3) is 0 Å². The predicted octanol–water partition coefficient (Wildman–Crippen LogP) is 5.01. The maximum Gasteiger partial charge on any atom is 0.418 e. The van der Waals surface area contributed by atoms with Gasteiger partial charge in [0.2, 0.25) is 0 Å². The summed E-state index contributed by atoms with van der Waals surface area (Å²) in [4.78, 5) is 4.00. The van der Waals surface area contributed by atoms with E-state index in [0.29, 0.717) is 12.1 Å². The second kappa shape index (κ2) is 5.47. The molecule has 0 atom stereocenters. The number of alkyl halides is 6. The van der Waals surface area contributed by atoms with Crippen LogP contribution >= 0.6 is 0 Å². The summed E-state index contributed by atoms with van der Waals surface area (Å²) >= 11 is 0. The second-order valence-electron chi connectivity index (χ2n) is 6.63. The molecule has 3 rings (SSSR count). The van der Waals surface area contributed by atoms with Crippen molar-refractivity contribution in [2.45, 2.75) is 56.4 Å². The topological polar surface area (TPSA) is 38.4 Å². The van der Waals surface area contributed by atoms with Gasteiger partial charge in [-0.2, -0.15) is 26.3 Å². The van der Waals surface area contributed by atoms with Crippen molar-refractivity contribution in [1.29, 1.82) is 0 Å². The zero-order valence-electron chi connectivity index (χ0n) is 12.7. The minimum Gasteiger partial charge on any atom is -0.325 e. The van der Waals surface area contributed by atoms with E-state index in [1.54, 1.807) is 0 Å². The van der Waals surface area contributed by atoms with E-state index in [0.717, 1.165) is 31.7 Å². The van der Waals surface area contributed by atoms with Gasteiger partial charge in [0.15, 0.2) is 0 Å². The second-order valence-corrected chi connectivity index (χ2v) is 6.63. The van der Waals surface area contributed by atoms with Gasteiger partial charge in [-0.05, 0) is 30.5 Å². The van der Waals surface area contributed by atoms with Crippen molar-refractivity contribution in [3.63, 3.8) is 0 Å². The minimum absolute atomic E-state index is 0.0126. The number of hydrogen-bond acceptors (Lipinski definition) is 2. The Morgan fingerprint density at radius 2 is 1.62 bits per heavy atom. The third-order valence-electron chi connectivity index (χ3n) is 4.64. The molecular formula is C16H16F6N2. The van der Waals surface area contributed by atoms with Crippen LogP contribution in [0.15, 0.2) is 17.1 Å². The summed E-state index contributed by atoms with van der Waals surface area (Å²) in [6, 6.07) is 0.901. The molecule has 132 valence electrons. The fourth-order valence-electron chi connectivity index (χ4n) is 3.52. The van der Waals surface area contributed by atoms with Crippen molar-refractivity contribution in [2.75, 3.05) is 0 Å². The van der Waals surface area contributed by atoms with E-state index in [1.807, 2.05) is 0 Å². The highest BCUT2D eigenvalue weighted by Gasteiger charge is 2.41. The molecule has 0 aromatic heterocycles. The lowest BCUT2D eigenvalue weighted by atomic mass is 9.90. The van der Waals surface area contributed by atoms with Gasteiger partial charge in [-0.15, -0.1) is 0 Å². The first-order chi connectivity index (χ1) is 11.0. The van der Waals surface area contributed by atoms with E-state index < -0.39 is 34.7 Å². The lowest BCUT2D eigenvalue weighted by Crippen LogP contribution is -2.38. The molecule has 1 saturated carbocycles. The van der Waals surface area contributed by atoms with Crippen LogP contribution in [0.5, 0.6) is 0 Å². The first kappa shape index (κ1) is 17.3. The molecule has 1 aromatic carbocycles. The van der Waals surface area contributed by atoms with E-state index in [2.05, 4.69) is 4.99 Å². The van der Waals surface area contributed by atoms with Gasteiger partial charge >= 0.3 is 12.4 Å². The summed E-state index contributed by atoms with van der Waals surface area (Å²) in [5, 5.41) is 0. The highest BCUT2D eigenvalue weighted by Crippen LogP contribution is 2.45. The Hall–Kier alpha value is -1.57. The van der Waals surface area contributed by atoms with Crippen LogP contribution in [-0.4, -0.2) is 11.3 Å². The van der Waals surface area contributed by atoms with Crippen molar-refractivity contribution in [3.05, 3.63) is 28.8 Å². The van der Waals surface area contributed by atoms with E-state index in [1.165, 1.54) is 0 Å². The molecule has 2 nitrogen and oxygen atoms in total. The summed E-state index contributed by atoms with van der Waals surface area (Å²) in [6.45, 7) is 0. The molecule has 1 fully saturated rings. The molecule has 0 spiro atoms. The summed E-state index contributed by atoms with van der Waals surface area (Å²) in [5.74, 6) is 0.